The van der Waals surface area contributed by atoms with Crippen LogP contribution in [0.4, 0.5) is 13.2 Å². The first kappa shape index (κ1) is 16.2. The van der Waals surface area contributed by atoms with Crippen molar-refractivity contribution in [2.45, 2.75) is 45.0 Å². The molecule has 1 amide bonds. The summed E-state index contributed by atoms with van der Waals surface area (Å²) in [6.07, 6.45) is -4.99. The van der Waals surface area contributed by atoms with Crippen LogP contribution in [0.5, 0.6) is 0 Å². The first-order chi connectivity index (χ1) is 7.60. The van der Waals surface area contributed by atoms with Crippen molar-refractivity contribution in [2.75, 3.05) is 13.2 Å². The Kier molecular flexibility index (Phi) is 5.91. The Morgan fingerprint density at radius 2 is 2.00 bits per heavy atom. The van der Waals surface area contributed by atoms with E-state index in [1.54, 1.807) is 13.8 Å². The topological polar surface area (TPSA) is 64.3 Å². The maximum Gasteiger partial charge on any atom is 0.411 e. The van der Waals surface area contributed by atoms with Gasteiger partial charge >= 0.3 is 6.18 Å². The SMILES string of the molecule is CCNC(C)(CC(C)OCC(F)(F)F)C(N)=O. The highest BCUT2D eigenvalue weighted by molar-refractivity contribution is 5.84. The summed E-state index contributed by atoms with van der Waals surface area (Å²) in [7, 11) is 0. The number of carbonyl (C=O) groups is 1. The summed E-state index contributed by atoms with van der Waals surface area (Å²) in [5.41, 5.74) is 4.15. The number of carbonyl (C=O) groups excluding carboxylic acids is 1. The average molecular weight is 256 g/mol. The number of hydrogen-bond acceptors (Lipinski definition) is 3. The van der Waals surface area contributed by atoms with Gasteiger partial charge in [-0.3, -0.25) is 4.79 Å². The lowest BCUT2D eigenvalue weighted by Crippen LogP contribution is -2.54. The molecular weight excluding hydrogens is 237 g/mol. The third kappa shape index (κ3) is 6.48. The van der Waals surface area contributed by atoms with Gasteiger partial charge in [-0.1, -0.05) is 6.92 Å². The van der Waals surface area contributed by atoms with Gasteiger partial charge in [-0.25, -0.2) is 0 Å². The fourth-order valence-electron chi connectivity index (χ4n) is 1.52. The van der Waals surface area contributed by atoms with Gasteiger partial charge in [0.05, 0.1) is 11.6 Å². The Morgan fingerprint density at radius 1 is 1.47 bits per heavy atom. The van der Waals surface area contributed by atoms with Crippen LogP contribution in [-0.4, -0.2) is 36.9 Å². The van der Waals surface area contributed by atoms with Crippen molar-refractivity contribution in [2.24, 2.45) is 5.73 Å². The van der Waals surface area contributed by atoms with Gasteiger partial charge in [0.2, 0.25) is 5.91 Å². The first-order valence-electron chi connectivity index (χ1n) is 5.34. The van der Waals surface area contributed by atoms with Crippen LogP contribution in [0.25, 0.3) is 0 Å². The Labute approximate surface area is 98.7 Å². The minimum Gasteiger partial charge on any atom is -0.369 e. The second-order valence-corrected chi connectivity index (χ2v) is 4.17. The van der Waals surface area contributed by atoms with Crippen molar-refractivity contribution in [1.29, 1.82) is 0 Å². The third-order valence-electron chi connectivity index (χ3n) is 2.34. The molecule has 0 radical (unpaired) electrons. The van der Waals surface area contributed by atoms with E-state index in [0.717, 1.165) is 0 Å². The molecule has 0 aromatic heterocycles. The molecule has 0 rings (SSSR count). The standard InChI is InChI=1S/C10H19F3N2O2/c1-4-15-9(3,8(14)16)5-7(2)17-6-10(11,12)13/h7,15H,4-6H2,1-3H3,(H2,14,16). The van der Waals surface area contributed by atoms with E-state index >= 15 is 0 Å². The van der Waals surface area contributed by atoms with E-state index in [9.17, 15) is 18.0 Å². The van der Waals surface area contributed by atoms with Gasteiger partial charge < -0.3 is 15.8 Å². The van der Waals surface area contributed by atoms with Crippen LogP contribution in [0.1, 0.15) is 27.2 Å². The number of hydrogen-bond donors (Lipinski definition) is 2. The average Bonchev–Trinajstić information content (AvgIpc) is 2.13. The highest BCUT2D eigenvalue weighted by atomic mass is 19.4. The number of likely N-dealkylation sites (N-methyl/N-ethyl adjacent to an activating group) is 1. The smallest absolute Gasteiger partial charge is 0.369 e. The molecule has 7 heteroatoms. The summed E-state index contributed by atoms with van der Waals surface area (Å²) >= 11 is 0. The molecule has 0 heterocycles. The van der Waals surface area contributed by atoms with Crippen molar-refractivity contribution in [3.8, 4) is 0 Å². The zero-order chi connectivity index (χ0) is 13.7. The first-order valence-corrected chi connectivity index (χ1v) is 5.34. The normalized spacial score (nSPS) is 17.5. The third-order valence-corrected chi connectivity index (χ3v) is 2.34. The molecule has 0 aliphatic carbocycles. The molecule has 0 saturated heterocycles. The Morgan fingerprint density at radius 3 is 2.35 bits per heavy atom. The Bertz CT molecular complexity index is 258. The summed E-state index contributed by atoms with van der Waals surface area (Å²) in [4.78, 5) is 11.2. The van der Waals surface area contributed by atoms with Crippen LogP contribution in [-0.2, 0) is 9.53 Å². The molecule has 0 aliphatic rings. The minimum absolute atomic E-state index is 0.0895. The number of primary amides is 1. The molecule has 4 nitrogen and oxygen atoms in total. The molecule has 102 valence electrons. The van der Waals surface area contributed by atoms with Crippen molar-refractivity contribution in [3.63, 3.8) is 0 Å². The molecule has 0 spiro atoms. The molecule has 0 bridgehead atoms. The van der Waals surface area contributed by atoms with Gasteiger partial charge in [0.1, 0.15) is 6.61 Å². The summed E-state index contributed by atoms with van der Waals surface area (Å²) in [6, 6.07) is 0. The van der Waals surface area contributed by atoms with Crippen LogP contribution in [0.15, 0.2) is 0 Å². The quantitative estimate of drug-likeness (QED) is 0.719. The number of amides is 1. The number of halogens is 3. The van der Waals surface area contributed by atoms with Crippen molar-refractivity contribution < 1.29 is 22.7 Å². The molecule has 2 atom stereocenters. The van der Waals surface area contributed by atoms with Gasteiger partial charge in [-0.2, -0.15) is 13.2 Å². The Balaban J connectivity index is 4.32. The fourth-order valence-corrected chi connectivity index (χ4v) is 1.52. The number of nitrogens with one attached hydrogen (secondary N) is 1. The van der Waals surface area contributed by atoms with E-state index in [0.29, 0.717) is 6.54 Å². The van der Waals surface area contributed by atoms with E-state index in [4.69, 9.17) is 5.73 Å². The maximum absolute atomic E-state index is 11.9. The summed E-state index contributed by atoms with van der Waals surface area (Å²) in [5, 5.41) is 2.85. The fraction of sp³-hybridized carbons (Fsp3) is 0.900. The van der Waals surface area contributed by atoms with Crippen LogP contribution >= 0.6 is 0 Å². The Hall–Kier alpha value is -0.820. The molecule has 0 aromatic rings. The van der Waals surface area contributed by atoms with Gasteiger partial charge in [-0.05, 0) is 20.4 Å². The molecular formula is C10H19F3N2O2. The van der Waals surface area contributed by atoms with Gasteiger partial charge in [0, 0.05) is 6.42 Å². The van der Waals surface area contributed by atoms with E-state index in [1.807, 2.05) is 0 Å². The van der Waals surface area contributed by atoms with Gasteiger partial charge in [0.25, 0.3) is 0 Å². The lowest BCUT2D eigenvalue weighted by atomic mass is 9.94. The predicted molar refractivity (Wildman–Crippen MR) is 57.4 cm³/mol. The maximum atomic E-state index is 11.9. The second-order valence-electron chi connectivity index (χ2n) is 4.17. The van der Waals surface area contributed by atoms with E-state index in [-0.39, 0.29) is 6.42 Å². The number of nitrogens with two attached hydrogens (primary N) is 1. The largest absolute Gasteiger partial charge is 0.411 e. The number of alkyl halides is 3. The lowest BCUT2D eigenvalue weighted by molar-refractivity contribution is -0.185. The molecule has 2 unspecified atom stereocenters. The van der Waals surface area contributed by atoms with Crippen molar-refractivity contribution in [3.05, 3.63) is 0 Å². The van der Waals surface area contributed by atoms with Crippen LogP contribution < -0.4 is 11.1 Å². The van der Waals surface area contributed by atoms with E-state index in [1.165, 1.54) is 6.92 Å². The number of ether oxygens (including phenoxy) is 1. The molecule has 0 aromatic carbocycles. The van der Waals surface area contributed by atoms with Crippen LogP contribution in [0, 0.1) is 0 Å². The highest BCUT2D eigenvalue weighted by Crippen LogP contribution is 2.19. The van der Waals surface area contributed by atoms with Crippen LogP contribution in [0.2, 0.25) is 0 Å². The number of rotatable bonds is 7. The van der Waals surface area contributed by atoms with Crippen LogP contribution in [0.3, 0.4) is 0 Å². The van der Waals surface area contributed by atoms with E-state index < -0.39 is 30.3 Å². The van der Waals surface area contributed by atoms with Crippen molar-refractivity contribution >= 4 is 5.91 Å². The summed E-state index contributed by atoms with van der Waals surface area (Å²) in [5.74, 6) is -0.609. The molecule has 17 heavy (non-hydrogen) atoms. The zero-order valence-electron chi connectivity index (χ0n) is 10.2. The van der Waals surface area contributed by atoms with E-state index in [2.05, 4.69) is 10.1 Å². The molecule has 0 fully saturated rings. The minimum atomic E-state index is -4.37. The zero-order valence-corrected chi connectivity index (χ0v) is 10.2. The van der Waals surface area contributed by atoms with Gasteiger partial charge in [0.15, 0.2) is 0 Å². The summed E-state index contributed by atoms with van der Waals surface area (Å²) in [6.45, 7) is 3.97. The summed E-state index contributed by atoms with van der Waals surface area (Å²) < 4.78 is 40.4. The second kappa shape index (κ2) is 6.20. The molecule has 3 N–H and O–H groups in total. The molecule has 0 saturated carbocycles. The molecule has 0 aliphatic heterocycles. The highest BCUT2D eigenvalue weighted by Gasteiger charge is 2.34. The predicted octanol–water partition coefficient (Wildman–Crippen LogP) is 1.20. The lowest BCUT2D eigenvalue weighted by Gasteiger charge is -2.30. The monoisotopic (exact) mass is 256 g/mol. The van der Waals surface area contributed by atoms with Crippen molar-refractivity contribution in [1.82, 2.24) is 5.32 Å². The van der Waals surface area contributed by atoms with Gasteiger partial charge in [-0.15, -0.1) is 0 Å².